The number of rotatable bonds is 5. The molecule has 4 rings (SSSR count). The van der Waals surface area contributed by atoms with E-state index in [1.54, 1.807) is 25.6 Å². The Morgan fingerprint density at radius 1 is 1.04 bits per heavy atom. The molecule has 0 atom stereocenters. The highest BCUT2D eigenvalue weighted by molar-refractivity contribution is 9.10. The van der Waals surface area contributed by atoms with Crippen molar-refractivity contribution in [1.82, 2.24) is 4.98 Å². The van der Waals surface area contributed by atoms with Gasteiger partial charge in [0.05, 0.1) is 29.8 Å². The first-order valence-corrected chi connectivity index (χ1v) is 10.2. The van der Waals surface area contributed by atoms with Crippen molar-refractivity contribution in [2.75, 3.05) is 14.2 Å². The topological polar surface area (TPSA) is 31.4 Å². The van der Waals surface area contributed by atoms with Crippen LogP contribution in [0.15, 0.2) is 46.9 Å². The van der Waals surface area contributed by atoms with Crippen LogP contribution < -0.4 is 9.47 Å². The highest BCUT2D eigenvalue weighted by Gasteiger charge is 2.50. The normalized spacial score (nSPS) is 14.9. The van der Waals surface area contributed by atoms with Gasteiger partial charge in [-0.2, -0.15) is 0 Å². The standard InChI is InChI=1S/C21H20BrNO2S/c1-13-19(14-8-9-18(25-3)16(22)12-14)23-20(26-13)21(10-11-21)15-6-4-5-7-17(15)24-2/h4-9,12H,10-11H2,1-3H3. The van der Waals surface area contributed by atoms with Crippen molar-refractivity contribution in [3.63, 3.8) is 0 Å². The summed E-state index contributed by atoms with van der Waals surface area (Å²) in [4.78, 5) is 6.30. The molecule has 0 aliphatic heterocycles. The first-order valence-electron chi connectivity index (χ1n) is 8.54. The summed E-state index contributed by atoms with van der Waals surface area (Å²) in [6.07, 6.45) is 2.23. The van der Waals surface area contributed by atoms with Crippen molar-refractivity contribution in [3.05, 3.63) is 62.4 Å². The van der Waals surface area contributed by atoms with Crippen LogP contribution in [-0.2, 0) is 5.41 Å². The van der Waals surface area contributed by atoms with E-state index in [1.807, 2.05) is 18.2 Å². The minimum Gasteiger partial charge on any atom is -0.496 e. The van der Waals surface area contributed by atoms with Crippen LogP contribution in [-0.4, -0.2) is 19.2 Å². The van der Waals surface area contributed by atoms with Gasteiger partial charge >= 0.3 is 0 Å². The van der Waals surface area contributed by atoms with Crippen molar-refractivity contribution in [3.8, 4) is 22.8 Å². The molecule has 26 heavy (non-hydrogen) atoms. The lowest BCUT2D eigenvalue weighted by Gasteiger charge is -2.16. The maximum atomic E-state index is 5.61. The molecule has 1 aliphatic carbocycles. The van der Waals surface area contributed by atoms with Crippen LogP contribution in [0.25, 0.3) is 11.3 Å². The number of hydrogen-bond donors (Lipinski definition) is 0. The maximum Gasteiger partial charge on any atom is 0.133 e. The Kier molecular flexibility index (Phi) is 4.53. The second-order valence-electron chi connectivity index (χ2n) is 6.56. The summed E-state index contributed by atoms with van der Waals surface area (Å²) in [6, 6.07) is 14.4. The van der Waals surface area contributed by atoms with E-state index < -0.39 is 0 Å². The smallest absolute Gasteiger partial charge is 0.133 e. The molecule has 3 aromatic rings. The average molecular weight is 430 g/mol. The van der Waals surface area contributed by atoms with Gasteiger partial charge in [0.2, 0.25) is 0 Å². The summed E-state index contributed by atoms with van der Waals surface area (Å²) < 4.78 is 11.9. The second-order valence-corrected chi connectivity index (χ2v) is 8.61. The molecule has 1 heterocycles. The molecule has 134 valence electrons. The summed E-state index contributed by atoms with van der Waals surface area (Å²) in [6.45, 7) is 2.15. The lowest BCUT2D eigenvalue weighted by Crippen LogP contribution is -2.10. The van der Waals surface area contributed by atoms with E-state index in [4.69, 9.17) is 14.5 Å². The Morgan fingerprint density at radius 3 is 2.42 bits per heavy atom. The minimum atomic E-state index is 0.00395. The number of aromatic nitrogens is 1. The van der Waals surface area contributed by atoms with E-state index in [2.05, 4.69) is 47.1 Å². The SMILES string of the molecule is COc1ccc(-c2nc(C3(c4ccccc4OC)CC3)sc2C)cc1Br. The molecular weight excluding hydrogens is 410 g/mol. The summed E-state index contributed by atoms with van der Waals surface area (Å²) in [5, 5.41) is 1.18. The second kappa shape index (κ2) is 6.71. The molecule has 1 saturated carbocycles. The van der Waals surface area contributed by atoms with Gasteiger partial charge in [-0.05, 0) is 60.0 Å². The maximum absolute atomic E-state index is 5.61. The third-order valence-corrected chi connectivity index (χ3v) is 6.80. The van der Waals surface area contributed by atoms with Gasteiger partial charge in [-0.15, -0.1) is 11.3 Å². The van der Waals surface area contributed by atoms with Gasteiger partial charge in [-0.1, -0.05) is 18.2 Å². The largest absolute Gasteiger partial charge is 0.496 e. The predicted octanol–water partition coefficient (Wildman–Crippen LogP) is 5.98. The summed E-state index contributed by atoms with van der Waals surface area (Å²) >= 11 is 5.37. The molecule has 0 unspecified atom stereocenters. The Balaban J connectivity index is 1.76. The molecule has 3 nitrogen and oxygen atoms in total. The van der Waals surface area contributed by atoms with Crippen molar-refractivity contribution in [1.29, 1.82) is 0 Å². The molecule has 0 amide bonds. The summed E-state index contributed by atoms with van der Waals surface area (Å²) in [5.74, 6) is 1.78. The van der Waals surface area contributed by atoms with E-state index in [0.29, 0.717) is 0 Å². The lowest BCUT2D eigenvalue weighted by molar-refractivity contribution is 0.406. The number of aryl methyl sites for hydroxylation is 1. The van der Waals surface area contributed by atoms with Crippen LogP contribution in [0.5, 0.6) is 11.5 Å². The molecule has 0 bridgehead atoms. The molecule has 2 aromatic carbocycles. The van der Waals surface area contributed by atoms with Gasteiger partial charge in [0.1, 0.15) is 16.5 Å². The molecule has 5 heteroatoms. The first-order chi connectivity index (χ1) is 12.6. The number of benzene rings is 2. The molecule has 0 spiro atoms. The van der Waals surface area contributed by atoms with Gasteiger partial charge < -0.3 is 9.47 Å². The fraction of sp³-hybridized carbons (Fsp3) is 0.286. The molecular formula is C21H20BrNO2S. The summed E-state index contributed by atoms with van der Waals surface area (Å²) in [5.41, 5.74) is 3.41. The molecule has 1 fully saturated rings. The highest BCUT2D eigenvalue weighted by Crippen LogP contribution is 2.57. The molecule has 0 N–H and O–H groups in total. The van der Waals surface area contributed by atoms with Gasteiger partial charge in [0.25, 0.3) is 0 Å². The average Bonchev–Trinajstić information content (AvgIpc) is 3.38. The van der Waals surface area contributed by atoms with Gasteiger partial charge in [-0.3, -0.25) is 0 Å². The van der Waals surface area contributed by atoms with E-state index in [9.17, 15) is 0 Å². The Bertz CT molecular complexity index is 962. The van der Waals surface area contributed by atoms with Crippen LogP contribution in [0.4, 0.5) is 0 Å². The molecule has 1 aromatic heterocycles. The van der Waals surface area contributed by atoms with Crippen LogP contribution in [0.3, 0.4) is 0 Å². The number of thiazole rings is 1. The highest BCUT2D eigenvalue weighted by atomic mass is 79.9. The van der Waals surface area contributed by atoms with E-state index in [0.717, 1.165) is 40.1 Å². The number of halogens is 1. The number of ether oxygens (including phenoxy) is 2. The number of nitrogens with zero attached hydrogens (tertiary/aromatic N) is 1. The van der Waals surface area contributed by atoms with Crippen molar-refractivity contribution in [2.24, 2.45) is 0 Å². The van der Waals surface area contributed by atoms with Crippen LogP contribution >= 0.6 is 27.3 Å². The van der Waals surface area contributed by atoms with Gasteiger partial charge in [0, 0.05) is 16.0 Å². The number of para-hydroxylation sites is 1. The van der Waals surface area contributed by atoms with Gasteiger partial charge in [-0.25, -0.2) is 4.98 Å². The monoisotopic (exact) mass is 429 g/mol. The Morgan fingerprint density at radius 2 is 1.77 bits per heavy atom. The molecule has 1 aliphatic rings. The van der Waals surface area contributed by atoms with Crippen LogP contribution in [0.1, 0.15) is 28.3 Å². The van der Waals surface area contributed by atoms with Crippen LogP contribution in [0.2, 0.25) is 0 Å². The zero-order valence-electron chi connectivity index (χ0n) is 15.0. The Labute approximate surface area is 166 Å². The first kappa shape index (κ1) is 17.6. The fourth-order valence-electron chi connectivity index (χ4n) is 3.45. The lowest BCUT2D eigenvalue weighted by atomic mass is 9.95. The predicted molar refractivity (Wildman–Crippen MR) is 110 cm³/mol. The molecule has 0 radical (unpaired) electrons. The zero-order chi connectivity index (χ0) is 18.3. The van der Waals surface area contributed by atoms with Crippen molar-refractivity contribution >= 4 is 27.3 Å². The number of hydrogen-bond acceptors (Lipinski definition) is 4. The molecule has 0 saturated heterocycles. The van der Waals surface area contributed by atoms with E-state index >= 15 is 0 Å². The zero-order valence-corrected chi connectivity index (χ0v) is 17.4. The minimum absolute atomic E-state index is 0.00395. The Hall–Kier alpha value is -1.85. The van der Waals surface area contributed by atoms with Crippen molar-refractivity contribution in [2.45, 2.75) is 25.2 Å². The third-order valence-electron chi connectivity index (χ3n) is 5.00. The fourth-order valence-corrected chi connectivity index (χ4v) is 5.18. The van der Waals surface area contributed by atoms with Crippen LogP contribution in [0, 0.1) is 6.92 Å². The quantitative estimate of drug-likeness (QED) is 0.499. The summed E-state index contributed by atoms with van der Waals surface area (Å²) in [7, 11) is 3.42. The van der Waals surface area contributed by atoms with Crippen molar-refractivity contribution < 1.29 is 9.47 Å². The van der Waals surface area contributed by atoms with E-state index in [1.165, 1.54) is 15.4 Å². The third kappa shape index (κ3) is 2.83. The number of methoxy groups -OCH3 is 2. The van der Waals surface area contributed by atoms with E-state index in [-0.39, 0.29) is 5.41 Å². The van der Waals surface area contributed by atoms with Gasteiger partial charge in [0.15, 0.2) is 0 Å².